The number of ether oxygens (including phenoxy) is 1. The van der Waals surface area contributed by atoms with Gasteiger partial charge in [-0.3, -0.25) is 0 Å². The maximum absolute atomic E-state index is 12.3. The highest BCUT2D eigenvalue weighted by atomic mass is 19.4. The fourth-order valence-electron chi connectivity index (χ4n) is 1.97. The van der Waals surface area contributed by atoms with Gasteiger partial charge >= 0.3 is 6.18 Å². The summed E-state index contributed by atoms with van der Waals surface area (Å²) in [5.41, 5.74) is -0.978. The van der Waals surface area contributed by atoms with Crippen molar-refractivity contribution in [1.29, 1.82) is 0 Å². The summed E-state index contributed by atoms with van der Waals surface area (Å²) in [6.45, 7) is 1.41. The summed E-state index contributed by atoms with van der Waals surface area (Å²) in [6, 6.07) is 2.21. The van der Waals surface area contributed by atoms with E-state index in [-0.39, 0.29) is 6.10 Å². The minimum Gasteiger partial charge on any atom is -0.378 e. The first-order valence-electron chi connectivity index (χ1n) is 6.32. The molecule has 1 atom stereocenters. The van der Waals surface area contributed by atoms with Gasteiger partial charge in [0.25, 0.3) is 0 Å². The van der Waals surface area contributed by atoms with Crippen molar-refractivity contribution in [2.45, 2.75) is 38.0 Å². The monoisotopic (exact) mass is 275 g/mol. The minimum absolute atomic E-state index is 0.239. The van der Waals surface area contributed by atoms with Gasteiger partial charge in [0.05, 0.1) is 6.10 Å². The maximum Gasteiger partial charge on any atom is 0.435 e. The van der Waals surface area contributed by atoms with Crippen molar-refractivity contribution in [2.75, 3.05) is 18.5 Å². The number of anilines is 1. The quantitative estimate of drug-likeness (QED) is 0.917. The van der Waals surface area contributed by atoms with Crippen molar-refractivity contribution >= 4 is 5.82 Å². The second-order valence-electron chi connectivity index (χ2n) is 4.51. The molecular weight excluding hydrogens is 259 g/mol. The molecule has 1 aliphatic rings. The van der Waals surface area contributed by atoms with Crippen molar-refractivity contribution in [3.8, 4) is 0 Å². The van der Waals surface area contributed by atoms with Crippen molar-refractivity contribution in [2.24, 2.45) is 0 Å². The van der Waals surface area contributed by atoms with Crippen LogP contribution in [0.25, 0.3) is 0 Å². The number of nitrogens with one attached hydrogen (secondary N) is 1. The summed E-state index contributed by atoms with van der Waals surface area (Å²) in [4.78, 5) is 0. The van der Waals surface area contributed by atoms with Crippen LogP contribution in [-0.4, -0.2) is 29.5 Å². The van der Waals surface area contributed by atoms with Gasteiger partial charge in [0.1, 0.15) is 5.82 Å². The number of hydrogen-bond donors (Lipinski definition) is 1. The highest BCUT2D eigenvalue weighted by Crippen LogP contribution is 2.27. The van der Waals surface area contributed by atoms with Gasteiger partial charge < -0.3 is 10.1 Å². The van der Waals surface area contributed by atoms with Crippen LogP contribution in [0.4, 0.5) is 19.0 Å². The molecule has 106 valence electrons. The molecule has 0 amide bonds. The van der Waals surface area contributed by atoms with E-state index in [0.717, 1.165) is 31.9 Å². The Hall–Kier alpha value is -1.37. The lowest BCUT2D eigenvalue weighted by Gasteiger charge is -2.22. The van der Waals surface area contributed by atoms with Gasteiger partial charge in [-0.05, 0) is 37.8 Å². The van der Waals surface area contributed by atoms with E-state index in [1.807, 2.05) is 0 Å². The van der Waals surface area contributed by atoms with E-state index in [2.05, 4.69) is 15.5 Å². The number of nitrogens with zero attached hydrogens (tertiary/aromatic N) is 2. The van der Waals surface area contributed by atoms with Crippen LogP contribution in [0.2, 0.25) is 0 Å². The lowest BCUT2D eigenvalue weighted by molar-refractivity contribution is -0.141. The number of halogens is 3. The molecular formula is C12H16F3N3O. The Morgan fingerprint density at radius 2 is 2.11 bits per heavy atom. The van der Waals surface area contributed by atoms with E-state index in [1.54, 1.807) is 0 Å². The molecule has 1 fully saturated rings. The van der Waals surface area contributed by atoms with E-state index >= 15 is 0 Å². The Bertz CT molecular complexity index is 388. The molecule has 2 heterocycles. The SMILES string of the molecule is FC(F)(F)c1ccc(NCCC2CCCCO2)nn1. The maximum atomic E-state index is 12.3. The molecule has 4 nitrogen and oxygen atoms in total. The van der Waals surface area contributed by atoms with Crippen LogP contribution in [0.3, 0.4) is 0 Å². The standard InChI is InChI=1S/C12H16F3N3O/c13-12(14,15)10-4-5-11(18-17-10)16-7-6-9-3-1-2-8-19-9/h4-5,9H,1-3,6-8H2,(H,16,18). The first kappa shape index (κ1) is 14.0. The Labute approximate surface area is 109 Å². The predicted molar refractivity (Wildman–Crippen MR) is 63.7 cm³/mol. The summed E-state index contributed by atoms with van der Waals surface area (Å²) >= 11 is 0. The van der Waals surface area contributed by atoms with Crippen LogP contribution in [0.5, 0.6) is 0 Å². The zero-order chi connectivity index (χ0) is 13.7. The summed E-state index contributed by atoms with van der Waals surface area (Å²) < 4.78 is 42.4. The Morgan fingerprint density at radius 1 is 1.26 bits per heavy atom. The third kappa shape index (κ3) is 4.34. The molecule has 1 saturated heterocycles. The largest absolute Gasteiger partial charge is 0.435 e. The molecule has 0 aromatic carbocycles. The summed E-state index contributed by atoms with van der Waals surface area (Å²) in [6.07, 6.45) is -0.0625. The third-order valence-corrected chi connectivity index (χ3v) is 3.00. The highest BCUT2D eigenvalue weighted by molar-refractivity contribution is 5.33. The van der Waals surface area contributed by atoms with Gasteiger partial charge in [-0.15, -0.1) is 10.2 Å². The van der Waals surface area contributed by atoms with Gasteiger partial charge in [0, 0.05) is 13.2 Å². The van der Waals surface area contributed by atoms with E-state index < -0.39 is 11.9 Å². The molecule has 0 bridgehead atoms. The van der Waals surface area contributed by atoms with Crippen LogP contribution in [0.1, 0.15) is 31.4 Å². The van der Waals surface area contributed by atoms with Crippen LogP contribution in [0.15, 0.2) is 12.1 Å². The van der Waals surface area contributed by atoms with Gasteiger partial charge in [-0.25, -0.2) is 0 Å². The Morgan fingerprint density at radius 3 is 2.68 bits per heavy atom. The lowest BCUT2D eigenvalue weighted by Crippen LogP contribution is -2.22. The molecule has 1 aromatic rings. The molecule has 1 unspecified atom stereocenters. The normalized spacial score (nSPS) is 20.3. The average Bonchev–Trinajstić information content (AvgIpc) is 2.39. The topological polar surface area (TPSA) is 47.0 Å². The molecule has 19 heavy (non-hydrogen) atoms. The van der Waals surface area contributed by atoms with Crippen molar-refractivity contribution in [3.05, 3.63) is 17.8 Å². The zero-order valence-corrected chi connectivity index (χ0v) is 10.4. The van der Waals surface area contributed by atoms with Crippen LogP contribution in [0, 0.1) is 0 Å². The second kappa shape index (κ2) is 6.18. The van der Waals surface area contributed by atoms with Gasteiger partial charge in [0.15, 0.2) is 5.69 Å². The Kier molecular flexibility index (Phi) is 4.57. The third-order valence-electron chi connectivity index (χ3n) is 3.00. The number of alkyl halides is 3. The van der Waals surface area contributed by atoms with Gasteiger partial charge in [-0.2, -0.15) is 13.2 Å². The molecule has 0 spiro atoms. The predicted octanol–water partition coefficient (Wildman–Crippen LogP) is 2.87. The van der Waals surface area contributed by atoms with E-state index in [4.69, 9.17) is 4.74 Å². The lowest BCUT2D eigenvalue weighted by atomic mass is 10.1. The van der Waals surface area contributed by atoms with Crippen LogP contribution in [-0.2, 0) is 10.9 Å². The molecule has 1 aromatic heterocycles. The Balaban J connectivity index is 1.76. The summed E-state index contributed by atoms with van der Waals surface area (Å²) in [7, 11) is 0. The highest BCUT2D eigenvalue weighted by Gasteiger charge is 2.32. The average molecular weight is 275 g/mol. The molecule has 2 rings (SSSR count). The van der Waals surface area contributed by atoms with Crippen molar-refractivity contribution < 1.29 is 17.9 Å². The molecule has 0 radical (unpaired) electrons. The van der Waals surface area contributed by atoms with E-state index in [1.165, 1.54) is 12.5 Å². The molecule has 1 N–H and O–H groups in total. The first-order chi connectivity index (χ1) is 9.05. The number of aromatic nitrogens is 2. The molecule has 1 aliphatic heterocycles. The summed E-state index contributed by atoms with van der Waals surface area (Å²) in [5.74, 6) is 0.351. The fraction of sp³-hybridized carbons (Fsp3) is 0.667. The van der Waals surface area contributed by atoms with Crippen LogP contribution < -0.4 is 5.32 Å². The first-order valence-corrected chi connectivity index (χ1v) is 6.32. The molecule has 7 heteroatoms. The van der Waals surface area contributed by atoms with Crippen molar-refractivity contribution in [3.63, 3.8) is 0 Å². The minimum atomic E-state index is -4.44. The number of rotatable bonds is 4. The van der Waals surface area contributed by atoms with Gasteiger partial charge in [-0.1, -0.05) is 0 Å². The van der Waals surface area contributed by atoms with Crippen molar-refractivity contribution in [1.82, 2.24) is 10.2 Å². The fourth-order valence-corrected chi connectivity index (χ4v) is 1.97. The number of hydrogen-bond acceptors (Lipinski definition) is 4. The van der Waals surface area contributed by atoms with E-state index in [0.29, 0.717) is 12.4 Å². The second-order valence-corrected chi connectivity index (χ2v) is 4.51. The van der Waals surface area contributed by atoms with Crippen LogP contribution >= 0.6 is 0 Å². The van der Waals surface area contributed by atoms with Gasteiger partial charge in [0.2, 0.25) is 0 Å². The van der Waals surface area contributed by atoms with E-state index in [9.17, 15) is 13.2 Å². The molecule has 0 saturated carbocycles. The summed E-state index contributed by atoms with van der Waals surface area (Å²) in [5, 5.41) is 9.60. The smallest absolute Gasteiger partial charge is 0.378 e. The zero-order valence-electron chi connectivity index (χ0n) is 10.4. The molecule has 0 aliphatic carbocycles.